The van der Waals surface area contributed by atoms with Gasteiger partial charge in [-0.25, -0.2) is 13.8 Å². The molecule has 2 aromatic rings. The van der Waals surface area contributed by atoms with E-state index in [1.165, 1.54) is 6.07 Å². The van der Waals surface area contributed by atoms with Crippen LogP contribution >= 0.6 is 0 Å². The first-order chi connectivity index (χ1) is 13.0. The molecule has 1 aromatic carbocycles. The summed E-state index contributed by atoms with van der Waals surface area (Å²) >= 11 is 0. The van der Waals surface area contributed by atoms with Crippen LogP contribution in [0, 0.1) is 11.6 Å². The van der Waals surface area contributed by atoms with Gasteiger partial charge in [-0.05, 0) is 24.6 Å². The van der Waals surface area contributed by atoms with Gasteiger partial charge in [-0.3, -0.25) is 9.48 Å². The molecule has 1 aliphatic rings. The molecule has 3 rings (SSSR count). The summed E-state index contributed by atoms with van der Waals surface area (Å²) in [4.78, 5) is 20.6. The number of hydrogen-bond acceptors (Lipinski definition) is 3. The Morgan fingerprint density at radius 3 is 2.74 bits per heavy atom. The first kappa shape index (κ1) is 18.8. The molecule has 0 bridgehead atoms. The number of hydrogen-bond donors (Lipinski definition) is 1. The minimum atomic E-state index is -0.895. The minimum Gasteiger partial charge on any atom is -0.356 e. The maximum atomic E-state index is 13.4. The second kappa shape index (κ2) is 8.15. The topological polar surface area (TPSA) is 65.8 Å². The van der Waals surface area contributed by atoms with E-state index in [0.29, 0.717) is 31.2 Å². The van der Waals surface area contributed by atoms with E-state index in [1.807, 2.05) is 11.8 Å². The van der Waals surface area contributed by atoms with E-state index in [9.17, 15) is 13.6 Å². The monoisotopic (exact) mass is 376 g/mol. The highest BCUT2D eigenvalue weighted by Gasteiger charge is 2.27. The molecular weight excluding hydrogens is 354 g/mol. The molecule has 0 radical (unpaired) electrons. The Labute approximate surface area is 156 Å². The van der Waals surface area contributed by atoms with Gasteiger partial charge in [-0.15, -0.1) is 0 Å². The maximum Gasteiger partial charge on any atom is 0.246 e. The summed E-state index contributed by atoms with van der Waals surface area (Å²) in [6.45, 7) is 4.05. The zero-order valence-corrected chi connectivity index (χ0v) is 15.3. The number of aryl methyl sites for hydroxylation is 1. The quantitative estimate of drug-likeness (QED) is 0.649. The molecule has 1 saturated heterocycles. The highest BCUT2D eigenvalue weighted by molar-refractivity contribution is 5.98. The smallest absolute Gasteiger partial charge is 0.246 e. The molecule has 0 spiro atoms. The number of guanidine groups is 1. The van der Waals surface area contributed by atoms with E-state index in [-0.39, 0.29) is 19.0 Å². The van der Waals surface area contributed by atoms with Gasteiger partial charge in [0.25, 0.3) is 0 Å². The first-order valence-electron chi connectivity index (χ1n) is 8.74. The van der Waals surface area contributed by atoms with Gasteiger partial charge in [-0.1, -0.05) is 6.07 Å². The number of aliphatic imine (C=N–C) groups is 1. The molecule has 1 aliphatic heterocycles. The Morgan fingerprint density at radius 1 is 1.30 bits per heavy atom. The number of nitrogens with zero attached hydrogens (tertiary/aromatic N) is 5. The third-order valence-electron chi connectivity index (χ3n) is 4.25. The first-order valence-corrected chi connectivity index (χ1v) is 8.74. The molecule has 0 saturated carbocycles. The van der Waals surface area contributed by atoms with Crippen molar-refractivity contribution in [2.75, 3.05) is 31.1 Å². The van der Waals surface area contributed by atoms with Crippen LogP contribution in [0.5, 0.6) is 0 Å². The zero-order valence-electron chi connectivity index (χ0n) is 15.3. The van der Waals surface area contributed by atoms with Crippen LogP contribution < -0.4 is 10.2 Å². The Kier molecular flexibility index (Phi) is 5.68. The fraction of sp³-hybridized carbons (Fsp3) is 0.389. The normalized spacial score (nSPS) is 15.4. The fourth-order valence-corrected chi connectivity index (χ4v) is 2.90. The average molecular weight is 376 g/mol. The molecule has 0 unspecified atom stereocenters. The summed E-state index contributed by atoms with van der Waals surface area (Å²) in [5.41, 5.74) is 1.33. The van der Waals surface area contributed by atoms with Crippen LogP contribution in [-0.4, -0.2) is 52.7 Å². The summed E-state index contributed by atoms with van der Waals surface area (Å²) in [6.07, 6.45) is 3.46. The van der Waals surface area contributed by atoms with E-state index in [0.717, 1.165) is 17.8 Å². The van der Waals surface area contributed by atoms with Crippen molar-refractivity contribution >= 4 is 17.6 Å². The SMILES string of the molecule is CCNC(=NCc1ccc(F)c(F)c1)N1CCN(c2cnn(C)c2)C(=O)C1. The van der Waals surface area contributed by atoms with Gasteiger partial charge in [0.2, 0.25) is 5.91 Å². The highest BCUT2D eigenvalue weighted by atomic mass is 19.2. The van der Waals surface area contributed by atoms with Crippen LogP contribution in [0.3, 0.4) is 0 Å². The van der Waals surface area contributed by atoms with Crippen LogP contribution in [0.25, 0.3) is 0 Å². The molecule has 2 heterocycles. The van der Waals surface area contributed by atoms with Crippen LogP contribution in [0.1, 0.15) is 12.5 Å². The summed E-state index contributed by atoms with van der Waals surface area (Å²) in [6, 6.07) is 3.72. The average Bonchev–Trinajstić information content (AvgIpc) is 3.07. The summed E-state index contributed by atoms with van der Waals surface area (Å²) < 4.78 is 28.1. The van der Waals surface area contributed by atoms with Crippen molar-refractivity contribution in [1.82, 2.24) is 20.0 Å². The molecular formula is C18H22F2N6O. The van der Waals surface area contributed by atoms with Crippen LogP contribution in [0.15, 0.2) is 35.6 Å². The predicted octanol–water partition coefficient (Wildman–Crippen LogP) is 1.51. The minimum absolute atomic E-state index is 0.0484. The predicted molar refractivity (Wildman–Crippen MR) is 98.3 cm³/mol. The van der Waals surface area contributed by atoms with Gasteiger partial charge in [0.1, 0.15) is 6.54 Å². The maximum absolute atomic E-state index is 13.4. The Hall–Kier alpha value is -2.97. The lowest BCUT2D eigenvalue weighted by atomic mass is 10.2. The second-order valence-electron chi connectivity index (χ2n) is 6.26. The number of anilines is 1. The van der Waals surface area contributed by atoms with Crippen molar-refractivity contribution in [2.45, 2.75) is 13.5 Å². The van der Waals surface area contributed by atoms with Crippen LogP contribution in [0.2, 0.25) is 0 Å². The standard InChI is InChI=1S/C18H22F2N6O/c1-3-21-18(22-9-13-4-5-15(19)16(20)8-13)25-6-7-26(17(27)12-25)14-10-23-24(2)11-14/h4-5,8,10-11H,3,6-7,9,12H2,1-2H3,(H,21,22). The summed E-state index contributed by atoms with van der Waals surface area (Å²) in [5, 5.41) is 7.25. The number of benzene rings is 1. The number of nitrogens with one attached hydrogen (secondary N) is 1. The van der Waals surface area contributed by atoms with E-state index in [1.54, 1.807) is 29.0 Å². The lowest BCUT2D eigenvalue weighted by molar-refractivity contribution is -0.120. The van der Waals surface area contributed by atoms with Crippen molar-refractivity contribution in [1.29, 1.82) is 0 Å². The Bertz CT molecular complexity index is 850. The van der Waals surface area contributed by atoms with Gasteiger partial charge in [-0.2, -0.15) is 5.10 Å². The number of aromatic nitrogens is 2. The number of amides is 1. The van der Waals surface area contributed by atoms with Crippen molar-refractivity contribution in [3.05, 3.63) is 47.8 Å². The number of carbonyl (C=O) groups is 1. The number of rotatable bonds is 4. The van der Waals surface area contributed by atoms with E-state index < -0.39 is 11.6 Å². The van der Waals surface area contributed by atoms with Crippen LogP contribution in [0.4, 0.5) is 14.5 Å². The summed E-state index contributed by atoms with van der Waals surface area (Å²) in [7, 11) is 1.80. The van der Waals surface area contributed by atoms with Crippen molar-refractivity contribution < 1.29 is 13.6 Å². The number of carbonyl (C=O) groups excluding carboxylic acids is 1. The van der Waals surface area contributed by atoms with Gasteiger partial charge in [0, 0.05) is 32.9 Å². The molecule has 9 heteroatoms. The molecule has 0 aliphatic carbocycles. The highest BCUT2D eigenvalue weighted by Crippen LogP contribution is 2.16. The molecule has 1 N–H and O–H groups in total. The largest absolute Gasteiger partial charge is 0.356 e. The van der Waals surface area contributed by atoms with Gasteiger partial charge in [0.15, 0.2) is 17.6 Å². The second-order valence-corrected chi connectivity index (χ2v) is 6.26. The van der Waals surface area contributed by atoms with Crippen LogP contribution in [-0.2, 0) is 18.4 Å². The molecule has 1 aromatic heterocycles. The molecule has 0 atom stereocenters. The molecule has 144 valence electrons. The third kappa shape index (κ3) is 4.42. The van der Waals surface area contributed by atoms with Gasteiger partial charge < -0.3 is 15.1 Å². The van der Waals surface area contributed by atoms with E-state index >= 15 is 0 Å². The van der Waals surface area contributed by atoms with E-state index in [2.05, 4.69) is 15.4 Å². The Balaban J connectivity index is 1.69. The number of halogens is 2. The molecule has 1 amide bonds. The van der Waals surface area contributed by atoms with Crippen molar-refractivity contribution in [3.8, 4) is 0 Å². The van der Waals surface area contributed by atoms with Gasteiger partial charge >= 0.3 is 0 Å². The Morgan fingerprint density at radius 2 is 2.11 bits per heavy atom. The molecule has 7 nitrogen and oxygen atoms in total. The molecule has 27 heavy (non-hydrogen) atoms. The molecule has 1 fully saturated rings. The van der Waals surface area contributed by atoms with E-state index in [4.69, 9.17) is 0 Å². The lowest BCUT2D eigenvalue weighted by Crippen LogP contribution is -2.55. The van der Waals surface area contributed by atoms with Crippen molar-refractivity contribution in [2.24, 2.45) is 12.0 Å². The number of piperazine rings is 1. The van der Waals surface area contributed by atoms with Crippen molar-refractivity contribution in [3.63, 3.8) is 0 Å². The summed E-state index contributed by atoms with van der Waals surface area (Å²) in [5.74, 6) is -1.26. The lowest BCUT2D eigenvalue weighted by Gasteiger charge is -2.35. The fourth-order valence-electron chi connectivity index (χ4n) is 2.90. The zero-order chi connectivity index (χ0) is 19.4. The third-order valence-corrected chi connectivity index (χ3v) is 4.25. The van der Waals surface area contributed by atoms with Gasteiger partial charge in [0.05, 0.1) is 18.4 Å².